The van der Waals surface area contributed by atoms with Crippen molar-refractivity contribution in [2.24, 2.45) is 11.7 Å². The van der Waals surface area contributed by atoms with Crippen molar-refractivity contribution >= 4 is 11.7 Å². The lowest BCUT2D eigenvalue weighted by atomic mass is 9.92. The van der Waals surface area contributed by atoms with Gasteiger partial charge in [0.15, 0.2) is 5.78 Å². The van der Waals surface area contributed by atoms with Crippen molar-refractivity contribution in [1.29, 1.82) is 0 Å². The highest BCUT2D eigenvalue weighted by Gasteiger charge is 2.30. The van der Waals surface area contributed by atoms with Crippen molar-refractivity contribution in [2.75, 3.05) is 26.8 Å². The summed E-state index contributed by atoms with van der Waals surface area (Å²) in [5, 5.41) is 0. The van der Waals surface area contributed by atoms with Crippen LogP contribution in [-0.4, -0.2) is 54.0 Å². The van der Waals surface area contributed by atoms with Crippen LogP contribution < -0.4 is 5.73 Å². The minimum Gasteiger partial charge on any atom is -0.383 e. The SMILES string of the molecule is COC[C@@H](C)n1c(C)cc(C(=O)CN2C[C@H](C(N)=O)CC[C@@H]2C)c1C. The number of carbonyl (C=O) groups is 2. The van der Waals surface area contributed by atoms with Crippen molar-refractivity contribution in [1.82, 2.24) is 9.47 Å². The van der Waals surface area contributed by atoms with Crippen LogP contribution in [0.5, 0.6) is 0 Å². The molecule has 0 aliphatic carbocycles. The van der Waals surface area contributed by atoms with E-state index in [0.29, 0.717) is 19.7 Å². The number of rotatable bonds is 7. The molecule has 3 atom stereocenters. The van der Waals surface area contributed by atoms with Gasteiger partial charge in [-0.05, 0) is 46.6 Å². The normalized spacial score (nSPS) is 22.8. The van der Waals surface area contributed by atoms with E-state index in [1.54, 1.807) is 7.11 Å². The highest BCUT2D eigenvalue weighted by molar-refractivity contribution is 5.99. The molecule has 0 aromatic carbocycles. The number of ketones is 1. The summed E-state index contributed by atoms with van der Waals surface area (Å²) in [6, 6.07) is 2.43. The molecular weight excluding hydrogens is 318 g/mol. The van der Waals surface area contributed by atoms with Gasteiger partial charge in [-0.25, -0.2) is 0 Å². The van der Waals surface area contributed by atoms with E-state index < -0.39 is 0 Å². The minimum absolute atomic E-state index is 0.0981. The van der Waals surface area contributed by atoms with Crippen LogP contribution in [-0.2, 0) is 9.53 Å². The van der Waals surface area contributed by atoms with Gasteiger partial charge in [0.05, 0.1) is 25.1 Å². The van der Waals surface area contributed by atoms with Crippen molar-refractivity contribution in [2.45, 2.75) is 52.6 Å². The fraction of sp³-hybridized carbons (Fsp3) is 0.684. The Kier molecular flexibility index (Phi) is 6.41. The van der Waals surface area contributed by atoms with Gasteiger partial charge in [-0.3, -0.25) is 14.5 Å². The molecule has 1 fully saturated rings. The van der Waals surface area contributed by atoms with Crippen molar-refractivity contribution < 1.29 is 14.3 Å². The maximum Gasteiger partial charge on any atom is 0.221 e. The molecule has 2 rings (SSSR count). The summed E-state index contributed by atoms with van der Waals surface area (Å²) in [7, 11) is 1.68. The van der Waals surface area contributed by atoms with E-state index in [1.165, 1.54) is 0 Å². The molecule has 6 nitrogen and oxygen atoms in total. The molecule has 0 bridgehead atoms. The number of carbonyl (C=O) groups excluding carboxylic acids is 2. The summed E-state index contributed by atoms with van der Waals surface area (Å²) in [4.78, 5) is 26.5. The Labute approximate surface area is 150 Å². The number of Topliss-reactive ketones (excluding diaryl/α,β-unsaturated/α-hetero) is 1. The summed E-state index contributed by atoms with van der Waals surface area (Å²) >= 11 is 0. The quantitative estimate of drug-likeness (QED) is 0.765. The zero-order valence-electron chi connectivity index (χ0n) is 16.0. The average Bonchev–Trinajstić information content (AvgIpc) is 2.84. The molecule has 2 heterocycles. The number of hydrogen-bond donors (Lipinski definition) is 1. The van der Waals surface area contributed by atoms with Crippen LogP contribution in [0, 0.1) is 19.8 Å². The smallest absolute Gasteiger partial charge is 0.221 e. The molecule has 1 aromatic heterocycles. The summed E-state index contributed by atoms with van der Waals surface area (Å²) in [6.07, 6.45) is 1.70. The second-order valence-electron chi connectivity index (χ2n) is 7.34. The number of methoxy groups -OCH3 is 1. The zero-order valence-corrected chi connectivity index (χ0v) is 16.0. The third-order valence-electron chi connectivity index (χ3n) is 5.39. The van der Waals surface area contributed by atoms with Crippen LogP contribution in [0.2, 0.25) is 0 Å². The number of nitrogens with two attached hydrogens (primary N) is 1. The van der Waals surface area contributed by atoms with Gasteiger partial charge in [-0.1, -0.05) is 0 Å². The molecule has 0 saturated carbocycles. The fourth-order valence-electron chi connectivity index (χ4n) is 3.95. The van der Waals surface area contributed by atoms with Crippen LogP contribution in [0.25, 0.3) is 0 Å². The molecular formula is C19H31N3O3. The number of aromatic nitrogens is 1. The lowest BCUT2D eigenvalue weighted by Crippen LogP contribution is -2.47. The molecule has 2 N–H and O–H groups in total. The van der Waals surface area contributed by atoms with Crippen molar-refractivity contribution in [3.63, 3.8) is 0 Å². The third-order valence-corrected chi connectivity index (χ3v) is 5.39. The summed E-state index contributed by atoms with van der Waals surface area (Å²) in [5.74, 6) is -0.324. The Morgan fingerprint density at radius 1 is 1.36 bits per heavy atom. The molecule has 1 aliphatic rings. The van der Waals surface area contributed by atoms with Crippen LogP contribution in [0.15, 0.2) is 6.07 Å². The number of nitrogens with zero attached hydrogens (tertiary/aromatic N) is 2. The lowest BCUT2D eigenvalue weighted by Gasteiger charge is -2.36. The van der Waals surface area contributed by atoms with E-state index >= 15 is 0 Å². The van der Waals surface area contributed by atoms with E-state index in [2.05, 4.69) is 23.3 Å². The van der Waals surface area contributed by atoms with Gasteiger partial charge in [0.25, 0.3) is 0 Å². The lowest BCUT2D eigenvalue weighted by molar-refractivity contribution is -0.123. The van der Waals surface area contributed by atoms with Crippen LogP contribution in [0.4, 0.5) is 0 Å². The highest BCUT2D eigenvalue weighted by Crippen LogP contribution is 2.24. The Morgan fingerprint density at radius 2 is 2.04 bits per heavy atom. The van der Waals surface area contributed by atoms with E-state index in [1.807, 2.05) is 19.9 Å². The first-order valence-electron chi connectivity index (χ1n) is 9.00. The number of aryl methyl sites for hydroxylation is 1. The van der Waals surface area contributed by atoms with Gasteiger partial charge < -0.3 is 15.0 Å². The van der Waals surface area contributed by atoms with Crippen molar-refractivity contribution in [3.8, 4) is 0 Å². The summed E-state index contributed by atoms with van der Waals surface area (Å²) in [6.45, 7) is 9.69. The number of piperidine rings is 1. The predicted octanol–water partition coefficient (Wildman–Crippen LogP) is 2.08. The third kappa shape index (κ3) is 4.30. The summed E-state index contributed by atoms with van der Waals surface area (Å²) < 4.78 is 7.41. The first-order chi connectivity index (χ1) is 11.8. The Hall–Kier alpha value is -1.66. The number of hydrogen-bond acceptors (Lipinski definition) is 4. The number of likely N-dealkylation sites (tertiary alicyclic amines) is 1. The molecule has 140 valence electrons. The predicted molar refractivity (Wildman–Crippen MR) is 97.8 cm³/mol. The highest BCUT2D eigenvalue weighted by atomic mass is 16.5. The average molecular weight is 349 g/mol. The van der Waals surface area contributed by atoms with E-state index in [4.69, 9.17) is 10.5 Å². The number of ether oxygens (including phenoxy) is 1. The topological polar surface area (TPSA) is 77.6 Å². The molecule has 1 amide bonds. The zero-order chi connectivity index (χ0) is 18.7. The second kappa shape index (κ2) is 8.15. The first kappa shape index (κ1) is 19.7. The molecule has 1 saturated heterocycles. The molecule has 1 aromatic rings. The number of primary amides is 1. The van der Waals surface area contributed by atoms with Gasteiger partial charge in [0.1, 0.15) is 0 Å². The maximum absolute atomic E-state index is 12.9. The van der Waals surface area contributed by atoms with Gasteiger partial charge in [-0.15, -0.1) is 0 Å². The minimum atomic E-state index is -0.268. The molecule has 0 spiro atoms. The van der Waals surface area contributed by atoms with Crippen LogP contribution in [0.3, 0.4) is 0 Å². The molecule has 0 unspecified atom stereocenters. The van der Waals surface area contributed by atoms with Gasteiger partial charge in [0, 0.05) is 36.6 Å². The van der Waals surface area contributed by atoms with Gasteiger partial charge >= 0.3 is 0 Å². The first-order valence-corrected chi connectivity index (χ1v) is 9.00. The number of amides is 1. The van der Waals surface area contributed by atoms with E-state index in [-0.39, 0.29) is 29.7 Å². The van der Waals surface area contributed by atoms with Gasteiger partial charge in [-0.2, -0.15) is 0 Å². The molecule has 1 aliphatic heterocycles. The standard InChI is InChI=1S/C19H31N3O3/c1-12-6-7-16(19(20)24)9-21(12)10-18(23)17-8-13(2)22(15(17)4)14(3)11-25-5/h8,12,14,16H,6-7,9-11H2,1-5H3,(H2,20,24)/t12-,14+,16+/m0/s1. The van der Waals surface area contributed by atoms with Gasteiger partial charge in [0.2, 0.25) is 5.91 Å². The molecule has 6 heteroatoms. The Bertz CT molecular complexity index is 638. The fourth-order valence-corrected chi connectivity index (χ4v) is 3.95. The largest absolute Gasteiger partial charge is 0.383 e. The molecule has 0 radical (unpaired) electrons. The molecule has 25 heavy (non-hydrogen) atoms. The van der Waals surface area contributed by atoms with Crippen LogP contribution >= 0.6 is 0 Å². The Balaban J connectivity index is 2.15. The second-order valence-corrected chi connectivity index (χ2v) is 7.34. The monoisotopic (exact) mass is 349 g/mol. The van der Waals surface area contributed by atoms with Crippen molar-refractivity contribution in [3.05, 3.63) is 23.0 Å². The van der Waals surface area contributed by atoms with E-state index in [9.17, 15) is 9.59 Å². The summed E-state index contributed by atoms with van der Waals surface area (Å²) in [5.41, 5.74) is 8.26. The van der Waals surface area contributed by atoms with Crippen LogP contribution in [0.1, 0.15) is 54.5 Å². The van der Waals surface area contributed by atoms with E-state index in [0.717, 1.165) is 29.8 Å². The Morgan fingerprint density at radius 3 is 2.64 bits per heavy atom. The maximum atomic E-state index is 12.9.